The Kier molecular flexibility index (Phi) is 5.95. The number of rotatable bonds is 6. The molecule has 0 unspecified atom stereocenters. The second-order valence-electron chi connectivity index (χ2n) is 8.23. The van der Waals surface area contributed by atoms with Gasteiger partial charge in [0, 0.05) is 10.9 Å². The fraction of sp³-hybridized carbons (Fsp3) is 0.0769. The van der Waals surface area contributed by atoms with Gasteiger partial charge < -0.3 is 15.6 Å². The molecule has 0 atom stereocenters. The number of para-hydroxylation sites is 1. The molecule has 3 aromatic carbocycles. The van der Waals surface area contributed by atoms with Gasteiger partial charge in [0.25, 0.3) is 5.91 Å². The molecule has 36 heavy (non-hydrogen) atoms. The third-order valence-electron chi connectivity index (χ3n) is 5.61. The van der Waals surface area contributed by atoms with Crippen molar-refractivity contribution in [3.8, 4) is 17.5 Å². The molecule has 2 amide bonds. The number of carbonyl (C=O) groups excluding carboxylic acids is 2. The Bertz CT molecular complexity index is 1630. The molecule has 0 aliphatic carbocycles. The molecule has 0 radical (unpaired) electrons. The predicted molar refractivity (Wildman–Crippen MR) is 134 cm³/mol. The van der Waals surface area contributed by atoms with Crippen LogP contribution in [0.5, 0.6) is 0 Å². The van der Waals surface area contributed by atoms with Crippen LogP contribution >= 0.6 is 0 Å². The van der Waals surface area contributed by atoms with Gasteiger partial charge in [-0.25, -0.2) is 0 Å². The van der Waals surface area contributed by atoms with Crippen LogP contribution in [0, 0.1) is 18.3 Å². The highest BCUT2D eigenvalue weighted by atomic mass is 16.2. The molecular formula is C26H20N8O2. The highest BCUT2D eigenvalue weighted by molar-refractivity contribution is 6.09. The SMILES string of the molecule is Cc1cccc(CC(=O)Nc2cccc3cc(C(=O)Nc4ccc(C#N)cc4-c4nn[nH]n4)[nH]c23)c1. The molecule has 0 saturated heterocycles. The smallest absolute Gasteiger partial charge is 0.272 e. The molecule has 0 aliphatic heterocycles. The highest BCUT2D eigenvalue weighted by Gasteiger charge is 2.17. The second kappa shape index (κ2) is 9.52. The molecule has 2 aromatic heterocycles. The average molecular weight is 477 g/mol. The zero-order valence-electron chi connectivity index (χ0n) is 19.2. The van der Waals surface area contributed by atoms with Crippen LogP contribution in [-0.4, -0.2) is 37.4 Å². The van der Waals surface area contributed by atoms with Crippen molar-refractivity contribution in [3.05, 3.63) is 89.1 Å². The van der Waals surface area contributed by atoms with E-state index in [-0.39, 0.29) is 18.2 Å². The number of anilines is 2. The molecule has 0 saturated carbocycles. The molecule has 5 aromatic rings. The number of fused-ring (bicyclic) bond motifs is 1. The van der Waals surface area contributed by atoms with E-state index in [1.54, 1.807) is 30.3 Å². The monoisotopic (exact) mass is 476 g/mol. The Morgan fingerprint density at radius 1 is 1.00 bits per heavy atom. The second-order valence-corrected chi connectivity index (χ2v) is 8.23. The number of H-pyrrole nitrogens is 2. The van der Waals surface area contributed by atoms with Gasteiger partial charge in [-0.2, -0.15) is 10.5 Å². The van der Waals surface area contributed by atoms with Crippen molar-refractivity contribution in [1.29, 1.82) is 5.26 Å². The number of nitrogens with zero attached hydrogens (tertiary/aromatic N) is 4. The molecule has 4 N–H and O–H groups in total. The molecule has 176 valence electrons. The summed E-state index contributed by atoms with van der Waals surface area (Å²) in [7, 11) is 0. The largest absolute Gasteiger partial charge is 0.349 e. The van der Waals surface area contributed by atoms with E-state index in [2.05, 4.69) is 42.3 Å². The van der Waals surface area contributed by atoms with E-state index in [1.165, 1.54) is 0 Å². The van der Waals surface area contributed by atoms with Crippen LogP contribution < -0.4 is 10.6 Å². The minimum Gasteiger partial charge on any atom is -0.349 e. The van der Waals surface area contributed by atoms with Gasteiger partial charge in [0.15, 0.2) is 0 Å². The summed E-state index contributed by atoms with van der Waals surface area (Å²) in [5.74, 6) is -0.314. The summed E-state index contributed by atoms with van der Waals surface area (Å²) >= 11 is 0. The lowest BCUT2D eigenvalue weighted by atomic mass is 10.1. The van der Waals surface area contributed by atoms with Gasteiger partial charge in [-0.3, -0.25) is 9.59 Å². The Hall–Kier alpha value is -5.30. The zero-order valence-corrected chi connectivity index (χ0v) is 19.2. The minimum absolute atomic E-state index is 0.156. The fourth-order valence-electron chi connectivity index (χ4n) is 3.96. The van der Waals surface area contributed by atoms with E-state index in [4.69, 9.17) is 0 Å². The van der Waals surface area contributed by atoms with Gasteiger partial charge in [0.1, 0.15) is 5.69 Å². The normalized spacial score (nSPS) is 10.7. The summed E-state index contributed by atoms with van der Waals surface area (Å²) in [5.41, 5.74) is 4.80. The molecule has 10 heteroatoms. The first kappa shape index (κ1) is 22.5. The quantitative estimate of drug-likeness (QED) is 0.291. The molecule has 0 aliphatic rings. The van der Waals surface area contributed by atoms with Crippen LogP contribution in [-0.2, 0) is 11.2 Å². The number of nitriles is 1. The van der Waals surface area contributed by atoms with E-state index in [9.17, 15) is 14.9 Å². The van der Waals surface area contributed by atoms with Gasteiger partial charge in [-0.15, -0.1) is 10.2 Å². The third kappa shape index (κ3) is 4.67. The summed E-state index contributed by atoms with van der Waals surface area (Å²) in [6.07, 6.45) is 0.240. The number of aryl methyl sites for hydroxylation is 1. The molecular weight excluding hydrogens is 456 g/mol. The first-order chi connectivity index (χ1) is 17.5. The van der Waals surface area contributed by atoms with Crippen LogP contribution in [0.4, 0.5) is 11.4 Å². The van der Waals surface area contributed by atoms with E-state index >= 15 is 0 Å². The number of nitrogens with one attached hydrogen (secondary N) is 4. The summed E-state index contributed by atoms with van der Waals surface area (Å²) in [6, 6.07) is 21.8. The lowest BCUT2D eigenvalue weighted by molar-refractivity contribution is -0.115. The van der Waals surface area contributed by atoms with Crippen molar-refractivity contribution in [1.82, 2.24) is 25.6 Å². The molecule has 10 nitrogen and oxygen atoms in total. The number of amides is 2. The zero-order chi connectivity index (χ0) is 25.1. The molecule has 2 heterocycles. The number of hydrogen-bond acceptors (Lipinski definition) is 6. The van der Waals surface area contributed by atoms with Gasteiger partial charge >= 0.3 is 0 Å². The first-order valence-electron chi connectivity index (χ1n) is 11.1. The predicted octanol–water partition coefficient (Wildman–Crippen LogP) is 3.96. The van der Waals surface area contributed by atoms with E-state index in [0.717, 1.165) is 16.5 Å². The van der Waals surface area contributed by atoms with Crippen LogP contribution in [0.3, 0.4) is 0 Å². The maximum Gasteiger partial charge on any atom is 0.272 e. The number of aromatic nitrogens is 5. The first-order valence-corrected chi connectivity index (χ1v) is 11.1. The van der Waals surface area contributed by atoms with Crippen LogP contribution in [0.25, 0.3) is 22.3 Å². The number of carbonyl (C=O) groups is 2. The lowest BCUT2D eigenvalue weighted by Crippen LogP contribution is -2.15. The summed E-state index contributed by atoms with van der Waals surface area (Å²) < 4.78 is 0. The van der Waals surface area contributed by atoms with Crippen molar-refractivity contribution < 1.29 is 9.59 Å². The third-order valence-corrected chi connectivity index (χ3v) is 5.61. The Morgan fingerprint density at radius 2 is 1.86 bits per heavy atom. The average Bonchev–Trinajstić information content (AvgIpc) is 3.55. The number of tetrazole rings is 1. The highest BCUT2D eigenvalue weighted by Crippen LogP contribution is 2.28. The fourth-order valence-corrected chi connectivity index (χ4v) is 3.96. The van der Waals surface area contributed by atoms with Crippen molar-refractivity contribution in [2.75, 3.05) is 10.6 Å². The molecule has 0 bridgehead atoms. The van der Waals surface area contributed by atoms with Crippen molar-refractivity contribution >= 4 is 34.1 Å². The number of aromatic amines is 2. The van der Waals surface area contributed by atoms with Crippen molar-refractivity contribution in [3.63, 3.8) is 0 Å². The number of hydrogen-bond donors (Lipinski definition) is 4. The lowest BCUT2D eigenvalue weighted by Gasteiger charge is -2.09. The standard InChI is InChI=1S/C26H20N8O2/c1-15-4-2-5-16(10-15)12-23(35)28-21-7-3-6-18-13-22(29-24(18)21)26(36)30-20-9-8-17(14-27)11-19(20)25-31-33-34-32-25/h2-11,13,29H,12H2,1H3,(H,28,35)(H,30,36)(H,31,32,33,34). The maximum absolute atomic E-state index is 13.1. The Morgan fingerprint density at radius 3 is 2.64 bits per heavy atom. The van der Waals surface area contributed by atoms with Crippen molar-refractivity contribution in [2.24, 2.45) is 0 Å². The van der Waals surface area contributed by atoms with Gasteiger partial charge in [-0.05, 0) is 48.0 Å². The van der Waals surface area contributed by atoms with Gasteiger partial charge in [0.05, 0.1) is 34.9 Å². The Labute approximate surface area is 205 Å². The van der Waals surface area contributed by atoms with Crippen molar-refractivity contribution in [2.45, 2.75) is 13.3 Å². The van der Waals surface area contributed by atoms with Gasteiger partial charge in [-0.1, -0.05) is 42.0 Å². The molecule has 0 fully saturated rings. The number of benzene rings is 3. The minimum atomic E-state index is -0.405. The summed E-state index contributed by atoms with van der Waals surface area (Å²) in [5, 5.41) is 29.6. The van der Waals surface area contributed by atoms with Crippen LogP contribution in [0.1, 0.15) is 27.2 Å². The van der Waals surface area contributed by atoms with E-state index in [1.807, 2.05) is 43.3 Å². The van der Waals surface area contributed by atoms with E-state index in [0.29, 0.717) is 33.7 Å². The molecule has 5 rings (SSSR count). The molecule has 0 spiro atoms. The topological polar surface area (TPSA) is 152 Å². The maximum atomic E-state index is 13.1. The summed E-state index contributed by atoms with van der Waals surface area (Å²) in [6.45, 7) is 1.98. The van der Waals surface area contributed by atoms with Crippen LogP contribution in [0.2, 0.25) is 0 Å². The van der Waals surface area contributed by atoms with Crippen LogP contribution in [0.15, 0.2) is 66.7 Å². The Balaban J connectivity index is 1.38. The van der Waals surface area contributed by atoms with E-state index < -0.39 is 5.91 Å². The van der Waals surface area contributed by atoms with Gasteiger partial charge in [0.2, 0.25) is 11.7 Å². The summed E-state index contributed by atoms with van der Waals surface area (Å²) in [4.78, 5) is 28.9.